The van der Waals surface area contributed by atoms with Crippen LogP contribution in [-0.4, -0.2) is 9.97 Å². The number of hydrogen-bond acceptors (Lipinski definition) is 2. The normalized spacial score (nSPS) is 10.5. The molecule has 3 aromatic rings. The minimum absolute atomic E-state index is 0.143. The molecule has 104 valence electrons. The van der Waals surface area contributed by atoms with Crippen LogP contribution in [0.25, 0.3) is 11.3 Å². The van der Waals surface area contributed by atoms with Crippen molar-refractivity contribution in [3.8, 4) is 11.3 Å². The van der Waals surface area contributed by atoms with E-state index >= 15 is 0 Å². The van der Waals surface area contributed by atoms with Gasteiger partial charge in [-0.25, -0.2) is 4.98 Å². The van der Waals surface area contributed by atoms with Gasteiger partial charge in [0.25, 0.3) is 5.56 Å². The number of nitrogens with zero attached hydrogens (tertiary/aromatic N) is 1. The number of nitrogens with one attached hydrogen (secondary N) is 1. The molecule has 0 spiro atoms. The molecule has 1 heterocycles. The molecule has 0 saturated carbocycles. The van der Waals surface area contributed by atoms with Crippen molar-refractivity contribution in [2.75, 3.05) is 0 Å². The molecule has 0 aliphatic carbocycles. The van der Waals surface area contributed by atoms with Crippen LogP contribution in [0.5, 0.6) is 0 Å². The number of aromatic amines is 1. The molecule has 0 aliphatic heterocycles. The average molecular weight is 276 g/mol. The first-order valence-corrected chi connectivity index (χ1v) is 6.93. The summed E-state index contributed by atoms with van der Waals surface area (Å²) in [6.45, 7) is 1.89. The second kappa shape index (κ2) is 5.75. The summed E-state index contributed by atoms with van der Waals surface area (Å²) in [4.78, 5) is 19.6. The van der Waals surface area contributed by atoms with Gasteiger partial charge >= 0.3 is 0 Å². The van der Waals surface area contributed by atoms with Crippen LogP contribution in [0.15, 0.2) is 65.5 Å². The molecule has 1 N–H and O–H groups in total. The van der Waals surface area contributed by atoms with Gasteiger partial charge in [-0.1, -0.05) is 60.7 Å². The predicted octanol–water partition coefficient (Wildman–Crippen LogP) is 3.34. The summed E-state index contributed by atoms with van der Waals surface area (Å²) in [5.41, 5.74) is 4.08. The van der Waals surface area contributed by atoms with Crippen LogP contribution in [0.3, 0.4) is 0 Å². The van der Waals surface area contributed by atoms with Gasteiger partial charge in [-0.05, 0) is 12.5 Å². The molecule has 3 nitrogen and oxygen atoms in total. The maximum absolute atomic E-state index is 12.1. The Balaban J connectivity index is 2.04. The molecule has 0 atom stereocenters. The third-order valence-corrected chi connectivity index (χ3v) is 3.46. The van der Waals surface area contributed by atoms with Crippen LogP contribution >= 0.6 is 0 Å². The summed E-state index contributed by atoms with van der Waals surface area (Å²) in [5.74, 6) is 0. The lowest BCUT2D eigenvalue weighted by atomic mass is 10.1. The van der Waals surface area contributed by atoms with Gasteiger partial charge in [0.15, 0.2) is 0 Å². The number of benzene rings is 2. The second-order valence-corrected chi connectivity index (χ2v) is 5.01. The van der Waals surface area contributed by atoms with Crippen LogP contribution in [0, 0.1) is 6.92 Å². The van der Waals surface area contributed by atoms with Crippen molar-refractivity contribution in [2.24, 2.45) is 0 Å². The molecule has 0 unspecified atom stereocenters. The molecule has 0 saturated heterocycles. The van der Waals surface area contributed by atoms with Crippen molar-refractivity contribution < 1.29 is 0 Å². The zero-order chi connectivity index (χ0) is 14.7. The minimum Gasteiger partial charge on any atom is -0.323 e. The van der Waals surface area contributed by atoms with Gasteiger partial charge in [-0.3, -0.25) is 4.79 Å². The highest BCUT2D eigenvalue weighted by Crippen LogP contribution is 2.15. The summed E-state index contributed by atoms with van der Waals surface area (Å²) < 4.78 is 0. The maximum atomic E-state index is 12.1. The SMILES string of the molecule is Cc1[nH]c(=O)c(-c2ccccc2)nc1Cc1ccccc1. The molecule has 3 rings (SSSR count). The number of aryl methyl sites for hydroxylation is 1. The van der Waals surface area contributed by atoms with Gasteiger partial charge < -0.3 is 4.98 Å². The van der Waals surface area contributed by atoms with Crippen molar-refractivity contribution in [1.82, 2.24) is 9.97 Å². The summed E-state index contributed by atoms with van der Waals surface area (Å²) >= 11 is 0. The van der Waals surface area contributed by atoms with E-state index in [1.165, 1.54) is 5.56 Å². The molecule has 0 fully saturated rings. The Morgan fingerprint density at radius 1 is 0.952 bits per heavy atom. The fourth-order valence-electron chi connectivity index (χ4n) is 2.32. The van der Waals surface area contributed by atoms with E-state index in [0.29, 0.717) is 12.1 Å². The average Bonchev–Trinajstić information content (AvgIpc) is 2.52. The highest BCUT2D eigenvalue weighted by atomic mass is 16.1. The standard InChI is InChI=1S/C18H16N2O/c1-13-16(12-14-8-4-2-5-9-14)20-17(18(21)19-13)15-10-6-3-7-11-15/h2-11H,12H2,1H3,(H,19,21). The topological polar surface area (TPSA) is 45.8 Å². The predicted molar refractivity (Wildman–Crippen MR) is 84.3 cm³/mol. The Bertz CT molecular complexity index is 792. The first kappa shape index (κ1) is 13.3. The van der Waals surface area contributed by atoms with Crippen LogP contribution < -0.4 is 5.56 Å². The molecule has 0 amide bonds. The van der Waals surface area contributed by atoms with Gasteiger partial charge in [0.2, 0.25) is 0 Å². The number of hydrogen-bond donors (Lipinski definition) is 1. The van der Waals surface area contributed by atoms with E-state index in [9.17, 15) is 4.79 Å². The van der Waals surface area contributed by atoms with E-state index < -0.39 is 0 Å². The van der Waals surface area contributed by atoms with Crippen LogP contribution in [0.1, 0.15) is 17.0 Å². The van der Waals surface area contributed by atoms with Crippen LogP contribution in [0.2, 0.25) is 0 Å². The lowest BCUT2D eigenvalue weighted by Gasteiger charge is -2.08. The van der Waals surface area contributed by atoms with E-state index in [-0.39, 0.29) is 5.56 Å². The Morgan fingerprint density at radius 3 is 2.24 bits per heavy atom. The van der Waals surface area contributed by atoms with E-state index in [2.05, 4.69) is 22.1 Å². The second-order valence-electron chi connectivity index (χ2n) is 5.01. The summed E-state index contributed by atoms with van der Waals surface area (Å²) in [6, 6.07) is 19.7. The highest BCUT2D eigenvalue weighted by molar-refractivity contribution is 5.58. The fraction of sp³-hybridized carbons (Fsp3) is 0.111. The van der Waals surface area contributed by atoms with Gasteiger partial charge in [0.1, 0.15) is 5.69 Å². The van der Waals surface area contributed by atoms with E-state index in [1.807, 2.05) is 55.5 Å². The quantitative estimate of drug-likeness (QED) is 0.797. The molecule has 0 aliphatic rings. The van der Waals surface area contributed by atoms with Crippen LogP contribution in [-0.2, 0) is 6.42 Å². The molecule has 1 aromatic heterocycles. The zero-order valence-corrected chi connectivity index (χ0v) is 11.8. The minimum atomic E-state index is -0.143. The highest BCUT2D eigenvalue weighted by Gasteiger charge is 2.10. The molecule has 2 aromatic carbocycles. The largest absolute Gasteiger partial charge is 0.323 e. The van der Waals surface area contributed by atoms with E-state index in [1.54, 1.807) is 0 Å². The third-order valence-electron chi connectivity index (χ3n) is 3.46. The van der Waals surface area contributed by atoms with Crippen molar-refractivity contribution in [2.45, 2.75) is 13.3 Å². The maximum Gasteiger partial charge on any atom is 0.274 e. The molecule has 0 radical (unpaired) electrons. The monoisotopic (exact) mass is 276 g/mol. The molecule has 21 heavy (non-hydrogen) atoms. The first-order chi connectivity index (χ1) is 10.2. The Hall–Kier alpha value is -2.68. The van der Waals surface area contributed by atoms with E-state index in [4.69, 9.17) is 0 Å². The number of rotatable bonds is 3. The van der Waals surface area contributed by atoms with Crippen molar-refractivity contribution >= 4 is 0 Å². The fourth-order valence-corrected chi connectivity index (χ4v) is 2.32. The lowest BCUT2D eigenvalue weighted by molar-refractivity contribution is 0.964. The summed E-state index contributed by atoms with van der Waals surface area (Å²) in [5, 5.41) is 0. The van der Waals surface area contributed by atoms with E-state index in [0.717, 1.165) is 17.0 Å². The molecule has 3 heteroatoms. The Morgan fingerprint density at radius 2 is 1.57 bits per heavy atom. The summed E-state index contributed by atoms with van der Waals surface area (Å²) in [6.07, 6.45) is 0.712. The van der Waals surface area contributed by atoms with Gasteiger partial charge in [0.05, 0.1) is 5.69 Å². The smallest absolute Gasteiger partial charge is 0.274 e. The molecular weight excluding hydrogens is 260 g/mol. The zero-order valence-electron chi connectivity index (χ0n) is 11.8. The molecular formula is C18H16N2O. The molecule has 0 bridgehead atoms. The third kappa shape index (κ3) is 2.92. The van der Waals surface area contributed by atoms with Gasteiger partial charge in [-0.2, -0.15) is 0 Å². The van der Waals surface area contributed by atoms with Crippen molar-refractivity contribution in [3.63, 3.8) is 0 Å². The number of H-pyrrole nitrogens is 1. The van der Waals surface area contributed by atoms with Gasteiger partial charge in [-0.15, -0.1) is 0 Å². The van der Waals surface area contributed by atoms with Gasteiger partial charge in [0, 0.05) is 17.7 Å². The van der Waals surface area contributed by atoms with Crippen LogP contribution in [0.4, 0.5) is 0 Å². The first-order valence-electron chi connectivity index (χ1n) is 6.93. The lowest BCUT2D eigenvalue weighted by Crippen LogP contribution is -2.16. The Labute approximate surface area is 123 Å². The van der Waals surface area contributed by atoms with Crippen molar-refractivity contribution in [1.29, 1.82) is 0 Å². The number of aromatic nitrogens is 2. The van der Waals surface area contributed by atoms with Crippen molar-refractivity contribution in [3.05, 3.63) is 88.0 Å². The summed E-state index contributed by atoms with van der Waals surface area (Å²) in [7, 11) is 0. The Kier molecular flexibility index (Phi) is 3.65.